The minimum atomic E-state index is 0. The Morgan fingerprint density at radius 3 is 2.06 bits per heavy atom. The number of piperidine rings is 1. The molecular weight excluding hydrogens is 252 g/mol. The van der Waals surface area contributed by atoms with Crippen molar-refractivity contribution in [3.63, 3.8) is 0 Å². The van der Waals surface area contributed by atoms with Crippen molar-refractivity contribution in [3.05, 3.63) is 0 Å². The molecule has 0 amide bonds. The van der Waals surface area contributed by atoms with Gasteiger partial charge in [0.25, 0.3) is 0 Å². The Morgan fingerprint density at radius 2 is 1.56 bits per heavy atom. The molecule has 0 aromatic heterocycles. The van der Waals surface area contributed by atoms with Crippen molar-refractivity contribution in [2.45, 2.75) is 19.3 Å². The minimum absolute atomic E-state index is 0. The molecule has 1 fully saturated rings. The highest BCUT2D eigenvalue weighted by molar-refractivity contribution is 5.85. The molecule has 0 aromatic carbocycles. The fourth-order valence-corrected chi connectivity index (χ4v) is 2.31. The SMILES string of the molecule is COCCN(CCOC)CCC1CCNCC1.Cl. The third-order valence-electron chi connectivity index (χ3n) is 3.54. The van der Waals surface area contributed by atoms with Crippen LogP contribution in [0.1, 0.15) is 19.3 Å². The predicted molar refractivity (Wildman–Crippen MR) is 77.7 cm³/mol. The molecule has 1 saturated heterocycles. The monoisotopic (exact) mass is 280 g/mol. The van der Waals surface area contributed by atoms with E-state index in [-0.39, 0.29) is 12.4 Å². The Labute approximate surface area is 118 Å². The van der Waals surface area contributed by atoms with Gasteiger partial charge in [-0.25, -0.2) is 0 Å². The van der Waals surface area contributed by atoms with Gasteiger partial charge in [-0.05, 0) is 44.8 Å². The number of hydrogen-bond donors (Lipinski definition) is 1. The Kier molecular flexibility index (Phi) is 12.3. The van der Waals surface area contributed by atoms with E-state index in [9.17, 15) is 0 Å². The van der Waals surface area contributed by atoms with Gasteiger partial charge in [-0.15, -0.1) is 12.4 Å². The summed E-state index contributed by atoms with van der Waals surface area (Å²) in [6.07, 6.45) is 3.99. The molecule has 0 aliphatic carbocycles. The number of rotatable bonds is 9. The second-order valence-corrected chi connectivity index (χ2v) is 4.81. The average molecular weight is 281 g/mol. The number of hydrogen-bond acceptors (Lipinski definition) is 4. The van der Waals surface area contributed by atoms with Crippen LogP contribution in [0.2, 0.25) is 0 Å². The molecule has 0 radical (unpaired) electrons. The largest absolute Gasteiger partial charge is 0.383 e. The zero-order valence-electron chi connectivity index (χ0n) is 11.8. The lowest BCUT2D eigenvalue weighted by Crippen LogP contribution is -2.34. The van der Waals surface area contributed by atoms with Crippen molar-refractivity contribution in [2.75, 3.05) is 60.2 Å². The number of methoxy groups -OCH3 is 2. The quantitative estimate of drug-likeness (QED) is 0.692. The van der Waals surface area contributed by atoms with Crippen LogP contribution >= 0.6 is 12.4 Å². The molecule has 1 rings (SSSR count). The first-order valence-electron chi connectivity index (χ1n) is 6.77. The van der Waals surface area contributed by atoms with Crippen LogP contribution < -0.4 is 5.32 Å². The van der Waals surface area contributed by atoms with Gasteiger partial charge in [0.05, 0.1) is 13.2 Å². The lowest BCUT2D eigenvalue weighted by molar-refractivity contribution is 0.109. The van der Waals surface area contributed by atoms with Crippen LogP contribution in [0.25, 0.3) is 0 Å². The molecule has 1 aliphatic heterocycles. The highest BCUT2D eigenvalue weighted by atomic mass is 35.5. The lowest BCUT2D eigenvalue weighted by atomic mass is 9.94. The van der Waals surface area contributed by atoms with Crippen LogP contribution in [0.5, 0.6) is 0 Å². The zero-order valence-corrected chi connectivity index (χ0v) is 12.6. The van der Waals surface area contributed by atoms with Gasteiger partial charge in [0.2, 0.25) is 0 Å². The van der Waals surface area contributed by atoms with Crippen LogP contribution in [0.3, 0.4) is 0 Å². The number of nitrogens with one attached hydrogen (secondary N) is 1. The van der Waals surface area contributed by atoms with Gasteiger partial charge < -0.3 is 14.8 Å². The number of nitrogens with zero attached hydrogens (tertiary/aromatic N) is 1. The predicted octanol–water partition coefficient (Wildman–Crippen LogP) is 1.39. The number of ether oxygens (including phenoxy) is 2. The summed E-state index contributed by atoms with van der Waals surface area (Å²) < 4.78 is 10.3. The summed E-state index contributed by atoms with van der Waals surface area (Å²) in [4.78, 5) is 2.45. The van der Waals surface area contributed by atoms with Crippen molar-refractivity contribution >= 4 is 12.4 Å². The Balaban J connectivity index is 0.00000289. The summed E-state index contributed by atoms with van der Waals surface area (Å²) in [5.74, 6) is 0.906. The lowest BCUT2D eigenvalue weighted by Gasteiger charge is -2.27. The molecule has 4 nitrogen and oxygen atoms in total. The van der Waals surface area contributed by atoms with Gasteiger partial charge in [-0.3, -0.25) is 4.90 Å². The van der Waals surface area contributed by atoms with E-state index < -0.39 is 0 Å². The molecule has 0 atom stereocenters. The van der Waals surface area contributed by atoms with Crippen molar-refractivity contribution in [3.8, 4) is 0 Å². The molecule has 18 heavy (non-hydrogen) atoms. The van der Waals surface area contributed by atoms with Crippen molar-refractivity contribution in [1.29, 1.82) is 0 Å². The third kappa shape index (κ3) is 8.27. The summed E-state index contributed by atoms with van der Waals surface area (Å²) in [5.41, 5.74) is 0. The third-order valence-corrected chi connectivity index (χ3v) is 3.54. The van der Waals surface area contributed by atoms with Gasteiger partial charge in [-0.2, -0.15) is 0 Å². The van der Waals surface area contributed by atoms with Crippen LogP contribution in [0.15, 0.2) is 0 Å². The molecule has 1 heterocycles. The van der Waals surface area contributed by atoms with E-state index in [1.54, 1.807) is 14.2 Å². The molecule has 0 unspecified atom stereocenters. The summed E-state index contributed by atoms with van der Waals surface area (Å²) in [7, 11) is 3.53. The zero-order chi connectivity index (χ0) is 12.3. The van der Waals surface area contributed by atoms with Gasteiger partial charge in [0.1, 0.15) is 0 Å². The van der Waals surface area contributed by atoms with Crippen LogP contribution in [-0.4, -0.2) is 65.1 Å². The van der Waals surface area contributed by atoms with Gasteiger partial charge >= 0.3 is 0 Å². The second-order valence-electron chi connectivity index (χ2n) is 4.81. The summed E-state index contributed by atoms with van der Waals surface area (Å²) in [5, 5.41) is 3.42. The van der Waals surface area contributed by atoms with E-state index in [1.165, 1.54) is 38.9 Å². The smallest absolute Gasteiger partial charge is 0.0589 e. The normalized spacial score (nSPS) is 16.8. The summed E-state index contributed by atoms with van der Waals surface area (Å²) in [6.45, 7) is 7.24. The molecule has 5 heteroatoms. The first-order valence-corrected chi connectivity index (χ1v) is 6.77. The van der Waals surface area contributed by atoms with Crippen molar-refractivity contribution in [1.82, 2.24) is 10.2 Å². The Hall–Kier alpha value is 0.130. The highest BCUT2D eigenvalue weighted by Crippen LogP contribution is 2.16. The average Bonchev–Trinajstić information content (AvgIpc) is 2.39. The fraction of sp³-hybridized carbons (Fsp3) is 1.00. The fourth-order valence-electron chi connectivity index (χ4n) is 2.31. The van der Waals surface area contributed by atoms with E-state index in [2.05, 4.69) is 10.2 Å². The minimum Gasteiger partial charge on any atom is -0.383 e. The van der Waals surface area contributed by atoms with E-state index in [0.717, 1.165) is 32.2 Å². The molecule has 110 valence electrons. The van der Waals surface area contributed by atoms with E-state index in [4.69, 9.17) is 9.47 Å². The van der Waals surface area contributed by atoms with Crippen LogP contribution in [-0.2, 0) is 9.47 Å². The summed E-state index contributed by atoms with van der Waals surface area (Å²) in [6, 6.07) is 0. The molecule has 0 aromatic rings. The van der Waals surface area contributed by atoms with Crippen LogP contribution in [0, 0.1) is 5.92 Å². The van der Waals surface area contributed by atoms with E-state index >= 15 is 0 Å². The Bertz CT molecular complexity index is 170. The van der Waals surface area contributed by atoms with Gasteiger partial charge in [-0.1, -0.05) is 0 Å². The molecule has 0 saturated carbocycles. The molecular formula is C13H29ClN2O2. The molecule has 1 aliphatic rings. The van der Waals surface area contributed by atoms with Crippen LogP contribution in [0.4, 0.5) is 0 Å². The molecule has 0 spiro atoms. The molecule has 0 bridgehead atoms. The second kappa shape index (κ2) is 12.2. The Morgan fingerprint density at radius 1 is 1.00 bits per heavy atom. The van der Waals surface area contributed by atoms with E-state index in [0.29, 0.717) is 0 Å². The van der Waals surface area contributed by atoms with Crippen molar-refractivity contribution < 1.29 is 9.47 Å². The summed E-state index contributed by atoms with van der Waals surface area (Å²) >= 11 is 0. The van der Waals surface area contributed by atoms with Gasteiger partial charge in [0.15, 0.2) is 0 Å². The van der Waals surface area contributed by atoms with Crippen molar-refractivity contribution in [2.24, 2.45) is 5.92 Å². The standard InChI is InChI=1S/C13H28N2O2.ClH/c1-16-11-9-15(10-12-17-2)8-5-13-3-6-14-7-4-13;/h13-14H,3-12H2,1-2H3;1H. The number of halogens is 1. The molecule has 1 N–H and O–H groups in total. The highest BCUT2D eigenvalue weighted by Gasteiger charge is 2.14. The van der Waals surface area contributed by atoms with E-state index in [1.807, 2.05) is 0 Å². The first kappa shape index (κ1) is 18.1. The first-order chi connectivity index (χ1) is 8.36. The maximum atomic E-state index is 5.15. The maximum absolute atomic E-state index is 5.15. The van der Waals surface area contributed by atoms with Gasteiger partial charge in [0, 0.05) is 27.3 Å². The maximum Gasteiger partial charge on any atom is 0.0589 e. The topological polar surface area (TPSA) is 33.7 Å².